The third-order valence-electron chi connectivity index (χ3n) is 5.26. The zero-order valence-electron chi connectivity index (χ0n) is 13.7. The van der Waals surface area contributed by atoms with E-state index in [2.05, 4.69) is 21.7 Å². The van der Waals surface area contributed by atoms with E-state index in [9.17, 15) is 5.21 Å². The largest absolute Gasteiger partial charge is 0.409 e. The van der Waals surface area contributed by atoms with Crippen LogP contribution in [0.25, 0.3) is 10.4 Å². The quantitative estimate of drug-likeness (QED) is 0.285. The van der Waals surface area contributed by atoms with E-state index in [0.717, 1.165) is 46.7 Å². The van der Waals surface area contributed by atoms with Crippen LogP contribution in [0.4, 0.5) is 5.69 Å². The van der Waals surface area contributed by atoms with Crippen molar-refractivity contribution in [2.45, 2.75) is 37.5 Å². The Morgan fingerprint density at radius 1 is 1.20 bits per heavy atom. The monoisotopic (exact) mass is 356 g/mol. The van der Waals surface area contributed by atoms with Gasteiger partial charge in [-0.1, -0.05) is 30.5 Å². The number of nitrogens with one attached hydrogen (secondary N) is 1. The van der Waals surface area contributed by atoms with Crippen molar-refractivity contribution in [3.8, 4) is 10.4 Å². The minimum Gasteiger partial charge on any atom is -0.409 e. The molecule has 0 bridgehead atoms. The minimum atomic E-state index is -0.204. The molecule has 1 fully saturated rings. The fourth-order valence-corrected chi connectivity index (χ4v) is 4.90. The Bertz CT molecular complexity index is 866. The number of hydrogen-bond acceptors (Lipinski definition) is 6. The summed E-state index contributed by atoms with van der Waals surface area (Å²) in [5, 5.41) is 21.5. The number of amidine groups is 2. The third kappa shape index (κ3) is 2.51. The first kappa shape index (κ1) is 16.1. The van der Waals surface area contributed by atoms with Gasteiger partial charge in [-0.2, -0.15) is 0 Å². The van der Waals surface area contributed by atoms with E-state index in [1.807, 2.05) is 24.3 Å². The van der Waals surface area contributed by atoms with Gasteiger partial charge in [0, 0.05) is 4.88 Å². The predicted molar refractivity (Wildman–Crippen MR) is 99.0 cm³/mol. The van der Waals surface area contributed by atoms with Gasteiger partial charge in [-0.15, -0.1) is 11.3 Å². The number of benzene rings is 1. The van der Waals surface area contributed by atoms with Gasteiger partial charge >= 0.3 is 0 Å². The van der Waals surface area contributed by atoms with Crippen LogP contribution in [0.3, 0.4) is 0 Å². The maximum Gasteiger partial charge on any atom is 0.180 e. The summed E-state index contributed by atoms with van der Waals surface area (Å²) < 4.78 is 0. The van der Waals surface area contributed by atoms with Crippen molar-refractivity contribution in [3.05, 3.63) is 40.8 Å². The average molecular weight is 356 g/mol. The molecule has 2 aliphatic rings. The molecule has 5 N–H and O–H groups in total. The molecule has 0 amide bonds. The lowest BCUT2D eigenvalue weighted by atomic mass is 9.69. The Balaban J connectivity index is 1.76. The molecule has 1 aliphatic carbocycles. The Labute approximate surface area is 149 Å². The number of nitrogens with zero attached hydrogens (tertiary/aromatic N) is 2. The second kappa shape index (κ2) is 6.16. The van der Waals surface area contributed by atoms with Crippen molar-refractivity contribution in [1.29, 1.82) is 0 Å². The molecule has 2 aromatic rings. The molecule has 1 aromatic carbocycles. The summed E-state index contributed by atoms with van der Waals surface area (Å²) in [5.74, 6) is 0.791. The fourth-order valence-electron chi connectivity index (χ4n) is 4.00. The van der Waals surface area contributed by atoms with Gasteiger partial charge in [0.1, 0.15) is 5.84 Å². The highest BCUT2D eigenvalue weighted by Gasteiger charge is 2.44. The van der Waals surface area contributed by atoms with Crippen molar-refractivity contribution in [3.63, 3.8) is 0 Å². The molecule has 6 nitrogen and oxygen atoms in total. The highest BCUT2D eigenvalue weighted by atomic mass is 32.1. The molecule has 1 aromatic heterocycles. The molecular formula is C18H20N4O2S. The Hall–Kier alpha value is -2.38. The summed E-state index contributed by atoms with van der Waals surface area (Å²) in [4.78, 5) is 6.41. The van der Waals surface area contributed by atoms with E-state index in [1.54, 1.807) is 0 Å². The van der Waals surface area contributed by atoms with Gasteiger partial charge in [-0.3, -0.25) is 10.7 Å². The maximum atomic E-state index is 9.60. The van der Waals surface area contributed by atoms with Crippen molar-refractivity contribution in [2.24, 2.45) is 15.9 Å². The first-order valence-corrected chi connectivity index (χ1v) is 9.21. The first-order chi connectivity index (χ1) is 12.2. The number of rotatable bonds is 2. The van der Waals surface area contributed by atoms with Crippen LogP contribution in [-0.4, -0.2) is 22.1 Å². The lowest BCUT2D eigenvalue weighted by molar-refractivity contribution is 0.218. The van der Waals surface area contributed by atoms with Crippen molar-refractivity contribution in [1.82, 2.24) is 5.48 Å². The first-order valence-electron chi connectivity index (χ1n) is 8.40. The molecule has 0 unspecified atom stereocenters. The van der Waals surface area contributed by atoms with Crippen LogP contribution in [0.5, 0.6) is 0 Å². The van der Waals surface area contributed by atoms with Gasteiger partial charge in [-0.25, -0.2) is 4.99 Å². The zero-order chi connectivity index (χ0) is 17.4. The number of nitrogens with two attached hydrogens (primary N) is 1. The average Bonchev–Trinajstić information content (AvgIpc) is 3.25. The fraction of sp³-hybridized carbons (Fsp3) is 0.333. The van der Waals surface area contributed by atoms with Crippen molar-refractivity contribution < 1.29 is 10.4 Å². The molecule has 1 aliphatic heterocycles. The van der Waals surface area contributed by atoms with Gasteiger partial charge in [0.25, 0.3) is 0 Å². The SMILES string of the molecule is N/C(=N\O)c1ccc(-c2ccc3c(c2)C2(CCCCC2)C(NO)=N3)s1. The number of aliphatic imine (C=N–C) groups is 1. The molecule has 1 spiro atoms. The maximum absolute atomic E-state index is 9.60. The zero-order valence-corrected chi connectivity index (χ0v) is 14.5. The van der Waals surface area contributed by atoms with E-state index in [0.29, 0.717) is 5.84 Å². The van der Waals surface area contributed by atoms with Crippen LogP contribution in [-0.2, 0) is 5.41 Å². The second-order valence-corrected chi connectivity index (χ2v) is 7.68. The normalized spacial score (nSPS) is 18.9. The summed E-state index contributed by atoms with van der Waals surface area (Å²) in [7, 11) is 0. The van der Waals surface area contributed by atoms with Crippen molar-refractivity contribution >= 4 is 28.7 Å². The highest BCUT2D eigenvalue weighted by molar-refractivity contribution is 7.17. The van der Waals surface area contributed by atoms with Crippen LogP contribution < -0.4 is 11.2 Å². The summed E-state index contributed by atoms with van der Waals surface area (Å²) in [6, 6.07) is 10.1. The lowest BCUT2D eigenvalue weighted by Crippen LogP contribution is -2.42. The number of thiophene rings is 1. The van der Waals surface area contributed by atoms with E-state index >= 15 is 0 Å². The highest BCUT2D eigenvalue weighted by Crippen LogP contribution is 2.49. The second-order valence-electron chi connectivity index (χ2n) is 6.60. The molecule has 0 atom stereocenters. The molecule has 1 saturated carbocycles. The Kier molecular flexibility index (Phi) is 3.97. The van der Waals surface area contributed by atoms with Crippen molar-refractivity contribution in [2.75, 3.05) is 0 Å². The molecule has 0 radical (unpaired) electrons. The number of oxime groups is 1. The number of hydroxylamine groups is 1. The summed E-state index contributed by atoms with van der Waals surface area (Å²) >= 11 is 1.49. The topological polar surface area (TPSA) is 103 Å². The smallest absolute Gasteiger partial charge is 0.180 e. The minimum absolute atomic E-state index is 0.122. The summed E-state index contributed by atoms with van der Waals surface area (Å²) in [6.45, 7) is 0. The van der Waals surface area contributed by atoms with Crippen LogP contribution >= 0.6 is 11.3 Å². The summed E-state index contributed by atoms with van der Waals surface area (Å²) in [5.41, 5.74) is 11.0. The molecule has 7 heteroatoms. The van der Waals surface area contributed by atoms with Gasteiger partial charge in [0.15, 0.2) is 5.84 Å². The van der Waals surface area contributed by atoms with E-state index in [1.165, 1.54) is 23.3 Å². The standard InChI is InChI=1S/C18H20N4O2S/c19-16(21-23)15-7-6-14(25-15)11-4-5-13-12(10-11)18(17(20-13)22-24)8-2-1-3-9-18/h4-7,10,23-24H,1-3,8-9H2,(H2,19,21)(H,20,22). The molecule has 2 heterocycles. The molecule has 4 rings (SSSR count). The van der Waals surface area contributed by atoms with Gasteiger partial charge in [0.05, 0.1) is 16.0 Å². The lowest BCUT2D eigenvalue weighted by Gasteiger charge is -2.35. The third-order valence-corrected chi connectivity index (χ3v) is 6.42. The Morgan fingerprint density at radius 3 is 2.72 bits per heavy atom. The van der Waals surface area contributed by atoms with Gasteiger partial charge in [0.2, 0.25) is 0 Å². The van der Waals surface area contributed by atoms with Crippen LogP contribution in [0.1, 0.15) is 42.5 Å². The van der Waals surface area contributed by atoms with E-state index < -0.39 is 0 Å². The predicted octanol–water partition coefficient (Wildman–Crippen LogP) is 3.73. The molecular weight excluding hydrogens is 336 g/mol. The van der Waals surface area contributed by atoms with Gasteiger partial charge < -0.3 is 10.9 Å². The van der Waals surface area contributed by atoms with E-state index in [4.69, 9.17) is 10.9 Å². The molecule has 130 valence electrons. The number of fused-ring (bicyclic) bond motifs is 2. The molecule has 25 heavy (non-hydrogen) atoms. The van der Waals surface area contributed by atoms with Crippen LogP contribution in [0, 0.1) is 0 Å². The van der Waals surface area contributed by atoms with E-state index in [-0.39, 0.29) is 11.3 Å². The summed E-state index contributed by atoms with van der Waals surface area (Å²) in [6.07, 6.45) is 5.49. The Morgan fingerprint density at radius 2 is 2.00 bits per heavy atom. The van der Waals surface area contributed by atoms with Gasteiger partial charge in [-0.05, 0) is 48.2 Å². The molecule has 0 saturated heterocycles. The number of hydrogen-bond donors (Lipinski definition) is 4. The van der Waals surface area contributed by atoms with Crippen LogP contribution in [0.2, 0.25) is 0 Å². The van der Waals surface area contributed by atoms with Crippen LogP contribution in [0.15, 0.2) is 40.5 Å².